The minimum atomic E-state index is -0.0957. The summed E-state index contributed by atoms with van der Waals surface area (Å²) in [6, 6.07) is 5.52. The van der Waals surface area contributed by atoms with E-state index < -0.39 is 0 Å². The summed E-state index contributed by atoms with van der Waals surface area (Å²) >= 11 is 0. The van der Waals surface area contributed by atoms with Gasteiger partial charge in [0, 0.05) is 6.54 Å². The maximum Gasteiger partial charge on any atom is 0.253 e. The third-order valence-corrected chi connectivity index (χ3v) is 2.25. The van der Waals surface area contributed by atoms with Gasteiger partial charge >= 0.3 is 0 Å². The number of nitrogens with one attached hydrogen (secondary N) is 2. The van der Waals surface area contributed by atoms with Crippen molar-refractivity contribution in [3.05, 3.63) is 29.3 Å². The average Bonchev–Trinajstić information content (AvgIpc) is 2.25. The number of nitrogens with two attached hydrogens (primary N) is 1. The number of hydrogen-bond acceptors (Lipinski definition) is 3. The molecule has 4 heteroatoms. The highest BCUT2D eigenvalue weighted by Crippen LogP contribution is 2.16. The van der Waals surface area contributed by atoms with Gasteiger partial charge < -0.3 is 10.7 Å². The Morgan fingerprint density at radius 2 is 2.12 bits per heavy atom. The second-order valence-corrected chi connectivity index (χ2v) is 4.30. The van der Waals surface area contributed by atoms with Crippen LogP contribution in [0.1, 0.15) is 29.8 Å². The average molecular weight is 221 g/mol. The fraction of sp³-hybridized carbons (Fsp3) is 0.417. The molecule has 0 aliphatic carbocycles. The lowest BCUT2D eigenvalue weighted by Gasteiger charge is -2.11. The predicted molar refractivity (Wildman–Crippen MR) is 66.2 cm³/mol. The molecule has 1 amide bonds. The zero-order valence-corrected chi connectivity index (χ0v) is 10.0. The third-order valence-electron chi connectivity index (χ3n) is 2.25. The summed E-state index contributed by atoms with van der Waals surface area (Å²) in [7, 11) is 0. The van der Waals surface area contributed by atoms with Crippen molar-refractivity contribution in [1.82, 2.24) is 5.32 Å². The molecule has 0 aliphatic rings. The van der Waals surface area contributed by atoms with Crippen LogP contribution in [-0.2, 0) is 0 Å². The van der Waals surface area contributed by atoms with Crippen LogP contribution in [0.25, 0.3) is 0 Å². The number of hydrogen-bond donors (Lipinski definition) is 3. The molecule has 0 aliphatic heterocycles. The number of amides is 1. The van der Waals surface area contributed by atoms with Gasteiger partial charge in [0.2, 0.25) is 0 Å². The van der Waals surface area contributed by atoms with Crippen LogP contribution in [0, 0.1) is 12.8 Å². The van der Waals surface area contributed by atoms with Crippen LogP contribution >= 0.6 is 0 Å². The highest BCUT2D eigenvalue weighted by molar-refractivity contribution is 5.99. The van der Waals surface area contributed by atoms with Crippen molar-refractivity contribution in [2.75, 3.05) is 12.0 Å². The molecule has 0 radical (unpaired) electrons. The topological polar surface area (TPSA) is 67.2 Å². The van der Waals surface area contributed by atoms with E-state index in [9.17, 15) is 4.79 Å². The molecule has 0 saturated carbocycles. The quantitative estimate of drug-likeness (QED) is 0.535. The summed E-state index contributed by atoms with van der Waals surface area (Å²) in [4.78, 5) is 11.8. The van der Waals surface area contributed by atoms with Gasteiger partial charge in [0.15, 0.2) is 0 Å². The molecular formula is C12H19N3O. The summed E-state index contributed by atoms with van der Waals surface area (Å²) in [5.41, 5.74) is 4.84. The van der Waals surface area contributed by atoms with E-state index in [-0.39, 0.29) is 5.91 Å². The van der Waals surface area contributed by atoms with E-state index in [2.05, 4.69) is 24.6 Å². The van der Waals surface area contributed by atoms with Gasteiger partial charge in [0.25, 0.3) is 5.91 Å². The number of aryl methyl sites for hydroxylation is 1. The van der Waals surface area contributed by atoms with E-state index >= 15 is 0 Å². The summed E-state index contributed by atoms with van der Waals surface area (Å²) in [6.45, 7) is 6.72. The van der Waals surface area contributed by atoms with Crippen LogP contribution in [0.5, 0.6) is 0 Å². The molecule has 0 bridgehead atoms. The summed E-state index contributed by atoms with van der Waals surface area (Å²) in [5.74, 6) is 5.72. The lowest BCUT2D eigenvalue weighted by Crippen LogP contribution is -2.28. The summed E-state index contributed by atoms with van der Waals surface area (Å²) in [6.07, 6.45) is 0. The maximum atomic E-state index is 11.8. The molecule has 1 aromatic carbocycles. The fourth-order valence-corrected chi connectivity index (χ4v) is 1.37. The molecule has 0 aromatic heterocycles. The smallest absolute Gasteiger partial charge is 0.253 e. The number of rotatable bonds is 4. The number of hydrazine groups is 1. The molecule has 0 fully saturated rings. The second-order valence-electron chi connectivity index (χ2n) is 4.30. The number of carbonyl (C=O) groups excluding carboxylic acids is 1. The van der Waals surface area contributed by atoms with Crippen molar-refractivity contribution in [2.24, 2.45) is 11.8 Å². The molecule has 1 rings (SSSR count). The van der Waals surface area contributed by atoms with Gasteiger partial charge in [0.05, 0.1) is 11.3 Å². The molecule has 0 atom stereocenters. The number of anilines is 1. The van der Waals surface area contributed by atoms with Gasteiger partial charge in [-0.05, 0) is 30.5 Å². The molecule has 88 valence electrons. The Balaban J connectivity index is 2.82. The van der Waals surface area contributed by atoms with Crippen LogP contribution in [0.3, 0.4) is 0 Å². The van der Waals surface area contributed by atoms with Crippen molar-refractivity contribution < 1.29 is 4.79 Å². The highest BCUT2D eigenvalue weighted by atomic mass is 16.1. The van der Waals surface area contributed by atoms with Gasteiger partial charge in [-0.15, -0.1) is 0 Å². The molecule has 0 heterocycles. The van der Waals surface area contributed by atoms with Crippen molar-refractivity contribution in [1.29, 1.82) is 0 Å². The van der Waals surface area contributed by atoms with Gasteiger partial charge in [-0.25, -0.2) is 0 Å². The molecule has 4 N–H and O–H groups in total. The minimum absolute atomic E-state index is 0.0957. The third kappa shape index (κ3) is 3.24. The molecule has 0 unspecified atom stereocenters. The largest absolute Gasteiger partial charge is 0.352 e. The minimum Gasteiger partial charge on any atom is -0.352 e. The number of nitrogen functional groups attached to an aromatic ring is 1. The Hall–Kier alpha value is -1.55. The molecule has 16 heavy (non-hydrogen) atoms. The zero-order chi connectivity index (χ0) is 12.1. The summed E-state index contributed by atoms with van der Waals surface area (Å²) in [5, 5.41) is 2.86. The first-order valence-electron chi connectivity index (χ1n) is 5.40. The first-order valence-corrected chi connectivity index (χ1v) is 5.40. The monoisotopic (exact) mass is 221 g/mol. The van der Waals surface area contributed by atoms with Crippen molar-refractivity contribution in [2.45, 2.75) is 20.8 Å². The molecule has 0 spiro atoms. The second kappa shape index (κ2) is 5.51. The Morgan fingerprint density at radius 3 is 2.69 bits per heavy atom. The van der Waals surface area contributed by atoms with Gasteiger partial charge in [-0.1, -0.05) is 19.9 Å². The lowest BCUT2D eigenvalue weighted by atomic mass is 10.1. The Morgan fingerprint density at radius 1 is 1.44 bits per heavy atom. The number of benzene rings is 1. The standard InChI is InChI=1S/C12H19N3O/c1-8(2)7-14-12(16)10-5-4-9(3)6-11(10)15-13/h4-6,8,15H,7,13H2,1-3H3,(H,14,16). The maximum absolute atomic E-state index is 11.8. The van der Waals surface area contributed by atoms with Crippen LogP contribution in [0.4, 0.5) is 5.69 Å². The van der Waals surface area contributed by atoms with Gasteiger partial charge in [-0.3, -0.25) is 10.6 Å². The van der Waals surface area contributed by atoms with Crippen LogP contribution in [-0.4, -0.2) is 12.5 Å². The molecular weight excluding hydrogens is 202 g/mol. The van der Waals surface area contributed by atoms with Crippen LogP contribution in [0.2, 0.25) is 0 Å². The van der Waals surface area contributed by atoms with Crippen molar-refractivity contribution >= 4 is 11.6 Å². The normalized spacial score (nSPS) is 10.3. The zero-order valence-electron chi connectivity index (χ0n) is 10.0. The number of carbonyl (C=O) groups is 1. The lowest BCUT2D eigenvalue weighted by molar-refractivity contribution is 0.0950. The van der Waals surface area contributed by atoms with Gasteiger partial charge in [0.1, 0.15) is 0 Å². The van der Waals surface area contributed by atoms with E-state index in [1.807, 2.05) is 19.1 Å². The van der Waals surface area contributed by atoms with E-state index in [1.54, 1.807) is 6.07 Å². The van der Waals surface area contributed by atoms with Crippen LogP contribution in [0.15, 0.2) is 18.2 Å². The predicted octanol–water partition coefficient (Wildman–Crippen LogP) is 1.67. The van der Waals surface area contributed by atoms with E-state index in [1.165, 1.54) is 0 Å². The van der Waals surface area contributed by atoms with Crippen LogP contribution < -0.4 is 16.6 Å². The van der Waals surface area contributed by atoms with Gasteiger partial charge in [-0.2, -0.15) is 0 Å². The van der Waals surface area contributed by atoms with Crippen molar-refractivity contribution in [3.8, 4) is 0 Å². The molecule has 1 aromatic rings. The SMILES string of the molecule is Cc1ccc(C(=O)NCC(C)C)c(NN)c1. The Bertz CT molecular complexity index is 375. The molecule has 0 saturated heterocycles. The van der Waals surface area contributed by atoms with E-state index in [0.717, 1.165) is 5.56 Å². The Kier molecular flexibility index (Phi) is 4.31. The van der Waals surface area contributed by atoms with E-state index in [0.29, 0.717) is 23.7 Å². The first-order chi connectivity index (χ1) is 7.54. The fourth-order valence-electron chi connectivity index (χ4n) is 1.37. The summed E-state index contributed by atoms with van der Waals surface area (Å²) < 4.78 is 0. The molecule has 4 nitrogen and oxygen atoms in total. The first kappa shape index (κ1) is 12.5. The van der Waals surface area contributed by atoms with E-state index in [4.69, 9.17) is 5.84 Å². The van der Waals surface area contributed by atoms with Crippen molar-refractivity contribution in [3.63, 3.8) is 0 Å². The Labute approximate surface area is 96.2 Å². The highest BCUT2D eigenvalue weighted by Gasteiger charge is 2.10.